The van der Waals surface area contributed by atoms with Gasteiger partial charge in [-0.15, -0.1) is 0 Å². The second-order valence-corrected chi connectivity index (χ2v) is 8.51. The number of nitrogens with zero attached hydrogens (tertiary/aromatic N) is 2. The summed E-state index contributed by atoms with van der Waals surface area (Å²) in [5.41, 5.74) is 0.348. The van der Waals surface area contributed by atoms with Gasteiger partial charge in [0.05, 0.1) is 33.8 Å². The van der Waals surface area contributed by atoms with Crippen LogP contribution in [0.3, 0.4) is 0 Å². The van der Waals surface area contributed by atoms with Gasteiger partial charge in [0.1, 0.15) is 5.82 Å². The third-order valence-corrected chi connectivity index (χ3v) is 5.97. The number of carbonyl (C=O) groups excluding carboxylic acids is 1. The first-order valence-electron chi connectivity index (χ1n) is 7.39. The number of anilines is 1. The molecule has 1 fully saturated rings. The molecule has 0 bridgehead atoms. The molecule has 1 aromatic heterocycles. The maximum absolute atomic E-state index is 13.4. The van der Waals surface area contributed by atoms with Crippen molar-refractivity contribution in [2.75, 3.05) is 16.8 Å². The van der Waals surface area contributed by atoms with Crippen LogP contribution in [0.15, 0.2) is 18.2 Å². The van der Waals surface area contributed by atoms with Gasteiger partial charge < -0.3 is 5.32 Å². The fraction of sp³-hybridized carbons (Fsp3) is 0.333. The zero-order valence-electron chi connectivity index (χ0n) is 13.1. The first-order valence-corrected chi connectivity index (χ1v) is 9.59. The number of rotatable bonds is 3. The predicted octanol–water partition coefficient (Wildman–Crippen LogP) is 2.74. The summed E-state index contributed by atoms with van der Waals surface area (Å²) in [6, 6.07) is 2.60. The molecule has 1 atom stereocenters. The summed E-state index contributed by atoms with van der Waals surface area (Å²) in [4.78, 5) is 12.4. The number of nitrogens with one attached hydrogen (secondary N) is 1. The van der Waals surface area contributed by atoms with Crippen LogP contribution in [-0.4, -0.2) is 35.6 Å². The van der Waals surface area contributed by atoms with Crippen LogP contribution >= 0.6 is 11.6 Å². The molecule has 0 radical (unpaired) electrons. The molecule has 3 rings (SSSR count). The summed E-state index contributed by atoms with van der Waals surface area (Å²) in [5.74, 6) is -2.84. The number of amides is 1. The molecule has 6 nitrogen and oxygen atoms in total. The minimum absolute atomic E-state index is 0.0545. The van der Waals surface area contributed by atoms with Crippen molar-refractivity contribution in [1.82, 2.24) is 9.78 Å². The molecule has 0 aliphatic carbocycles. The van der Waals surface area contributed by atoms with Crippen molar-refractivity contribution in [3.8, 4) is 0 Å². The Kier molecular flexibility index (Phi) is 4.54. The van der Waals surface area contributed by atoms with Crippen LogP contribution in [0, 0.1) is 18.6 Å². The van der Waals surface area contributed by atoms with E-state index in [1.54, 1.807) is 13.0 Å². The largest absolute Gasteiger partial charge is 0.307 e. The number of sulfone groups is 1. The Morgan fingerprint density at radius 3 is 2.64 bits per heavy atom. The highest BCUT2D eigenvalue weighted by Gasteiger charge is 2.31. The zero-order chi connectivity index (χ0) is 18.4. The normalized spacial score (nSPS) is 19.1. The molecule has 1 saturated heterocycles. The van der Waals surface area contributed by atoms with E-state index >= 15 is 0 Å². The maximum atomic E-state index is 13.4. The average molecular weight is 390 g/mol. The van der Waals surface area contributed by atoms with Gasteiger partial charge in [-0.3, -0.25) is 4.79 Å². The summed E-state index contributed by atoms with van der Waals surface area (Å²) in [6.07, 6.45) is 0.387. The van der Waals surface area contributed by atoms with Gasteiger partial charge in [0.25, 0.3) is 5.91 Å². The Bertz CT molecular complexity index is 959. The molecule has 1 N–H and O–H groups in total. The second kappa shape index (κ2) is 6.38. The second-order valence-electron chi connectivity index (χ2n) is 5.87. The molecule has 134 valence electrons. The summed E-state index contributed by atoms with van der Waals surface area (Å²) in [5, 5.41) is 6.53. The molecule has 0 saturated carbocycles. The lowest BCUT2D eigenvalue weighted by molar-refractivity contribution is 0.102. The molecule has 1 aliphatic heterocycles. The van der Waals surface area contributed by atoms with Crippen molar-refractivity contribution in [3.05, 3.63) is 46.1 Å². The Hall–Kier alpha value is -2.00. The molecule has 1 aromatic carbocycles. The predicted molar refractivity (Wildman–Crippen MR) is 88.6 cm³/mol. The van der Waals surface area contributed by atoms with Gasteiger partial charge >= 0.3 is 0 Å². The molecule has 0 spiro atoms. The van der Waals surface area contributed by atoms with E-state index in [4.69, 9.17) is 11.6 Å². The Labute approximate surface area is 147 Å². The van der Waals surface area contributed by atoms with Gasteiger partial charge in [-0.05, 0) is 25.5 Å². The standard InChI is InChI=1S/C15H14ClF2N3O3S/c1-8-4-14(21(20-8)9-2-3-25(23,24)7-9)19-15(22)10-5-12(17)13(18)6-11(10)16/h4-6,9H,2-3,7H2,1H3,(H,19,22)/t9-/m1/s1. The lowest BCUT2D eigenvalue weighted by Gasteiger charge is -2.14. The fourth-order valence-electron chi connectivity index (χ4n) is 2.74. The molecule has 2 heterocycles. The van der Waals surface area contributed by atoms with Crippen molar-refractivity contribution < 1.29 is 22.0 Å². The molecule has 10 heteroatoms. The quantitative estimate of drug-likeness (QED) is 0.818. The first kappa shape index (κ1) is 17.8. The maximum Gasteiger partial charge on any atom is 0.258 e. The van der Waals surface area contributed by atoms with E-state index in [2.05, 4.69) is 10.4 Å². The molecule has 25 heavy (non-hydrogen) atoms. The van der Waals surface area contributed by atoms with Crippen LogP contribution in [0.2, 0.25) is 5.02 Å². The third kappa shape index (κ3) is 3.67. The molecule has 1 amide bonds. The number of aryl methyl sites for hydroxylation is 1. The van der Waals surface area contributed by atoms with E-state index in [9.17, 15) is 22.0 Å². The van der Waals surface area contributed by atoms with Crippen LogP contribution in [0.1, 0.15) is 28.5 Å². The van der Waals surface area contributed by atoms with Crippen molar-refractivity contribution in [1.29, 1.82) is 0 Å². The summed E-state index contributed by atoms with van der Waals surface area (Å²) in [6.45, 7) is 1.69. The van der Waals surface area contributed by atoms with Crippen LogP contribution in [-0.2, 0) is 9.84 Å². The summed E-state index contributed by atoms with van der Waals surface area (Å²) >= 11 is 5.80. The number of benzene rings is 1. The van der Waals surface area contributed by atoms with Crippen molar-refractivity contribution in [2.24, 2.45) is 0 Å². The monoisotopic (exact) mass is 389 g/mol. The number of hydrogen-bond acceptors (Lipinski definition) is 4. The van der Waals surface area contributed by atoms with E-state index in [0.717, 1.165) is 6.07 Å². The van der Waals surface area contributed by atoms with Crippen LogP contribution in [0.4, 0.5) is 14.6 Å². The lowest BCUT2D eigenvalue weighted by atomic mass is 10.2. The summed E-state index contributed by atoms with van der Waals surface area (Å²) < 4.78 is 51.3. The van der Waals surface area contributed by atoms with E-state index in [1.807, 2.05) is 0 Å². The van der Waals surface area contributed by atoms with E-state index < -0.39 is 33.4 Å². The Balaban J connectivity index is 1.89. The highest BCUT2D eigenvalue weighted by atomic mass is 35.5. The SMILES string of the molecule is Cc1cc(NC(=O)c2cc(F)c(F)cc2Cl)n([C@@H]2CCS(=O)(=O)C2)n1. The van der Waals surface area contributed by atoms with Gasteiger partial charge in [-0.1, -0.05) is 11.6 Å². The van der Waals surface area contributed by atoms with Crippen molar-refractivity contribution >= 4 is 33.2 Å². The van der Waals surface area contributed by atoms with Gasteiger partial charge in [0.15, 0.2) is 21.5 Å². The average Bonchev–Trinajstić information content (AvgIpc) is 3.05. The number of aromatic nitrogens is 2. The van der Waals surface area contributed by atoms with Crippen LogP contribution in [0.5, 0.6) is 0 Å². The highest BCUT2D eigenvalue weighted by Crippen LogP contribution is 2.28. The molecule has 2 aromatic rings. The number of halogens is 3. The fourth-order valence-corrected chi connectivity index (χ4v) is 4.67. The minimum atomic E-state index is -3.13. The van der Waals surface area contributed by atoms with Crippen molar-refractivity contribution in [3.63, 3.8) is 0 Å². The molecule has 0 unspecified atom stereocenters. The highest BCUT2D eigenvalue weighted by molar-refractivity contribution is 7.91. The molecule has 1 aliphatic rings. The van der Waals surface area contributed by atoms with Crippen LogP contribution in [0.25, 0.3) is 0 Å². The third-order valence-electron chi connectivity index (χ3n) is 3.91. The minimum Gasteiger partial charge on any atom is -0.307 e. The topological polar surface area (TPSA) is 81.1 Å². The smallest absolute Gasteiger partial charge is 0.258 e. The van der Waals surface area contributed by atoms with Crippen LogP contribution < -0.4 is 5.32 Å². The van der Waals surface area contributed by atoms with Gasteiger partial charge in [-0.25, -0.2) is 21.9 Å². The number of hydrogen-bond donors (Lipinski definition) is 1. The van der Waals surface area contributed by atoms with Crippen molar-refractivity contribution in [2.45, 2.75) is 19.4 Å². The van der Waals surface area contributed by atoms with Gasteiger partial charge in [0, 0.05) is 6.07 Å². The van der Waals surface area contributed by atoms with E-state index in [1.165, 1.54) is 4.68 Å². The molecular weight excluding hydrogens is 376 g/mol. The lowest BCUT2D eigenvalue weighted by Crippen LogP contribution is -2.20. The molecular formula is C15H14ClF2N3O3S. The summed E-state index contributed by atoms with van der Waals surface area (Å²) in [7, 11) is -3.13. The van der Waals surface area contributed by atoms with E-state index in [0.29, 0.717) is 18.2 Å². The van der Waals surface area contributed by atoms with Gasteiger partial charge in [0.2, 0.25) is 0 Å². The van der Waals surface area contributed by atoms with E-state index in [-0.39, 0.29) is 27.9 Å². The Morgan fingerprint density at radius 1 is 1.32 bits per heavy atom. The number of carbonyl (C=O) groups is 1. The van der Waals surface area contributed by atoms with Gasteiger partial charge in [-0.2, -0.15) is 5.10 Å². The first-order chi connectivity index (χ1) is 11.7. The Morgan fingerprint density at radius 2 is 2.00 bits per heavy atom. The zero-order valence-corrected chi connectivity index (χ0v) is 14.7.